The van der Waals surface area contributed by atoms with Crippen LogP contribution in [0.4, 0.5) is 8.78 Å². The third kappa shape index (κ3) is 4.15. The highest BCUT2D eigenvalue weighted by Crippen LogP contribution is 2.30. The summed E-state index contributed by atoms with van der Waals surface area (Å²) in [5, 5.41) is 17.3. The highest BCUT2D eigenvalue weighted by Gasteiger charge is 2.38. The molecule has 2 aromatic heterocycles. The second-order valence-electron chi connectivity index (χ2n) is 8.03. The Bertz CT molecular complexity index is 950. The molecule has 2 saturated heterocycles. The molecule has 0 aliphatic carbocycles. The fourth-order valence-corrected chi connectivity index (χ4v) is 4.11. The number of fused-ring (bicyclic) bond motifs is 1. The Morgan fingerprint density at radius 3 is 2.69 bits per heavy atom. The average Bonchev–Trinajstić information content (AvgIpc) is 3.08. The molecule has 29 heavy (non-hydrogen) atoms. The third-order valence-corrected chi connectivity index (χ3v) is 5.87. The first-order valence-electron chi connectivity index (χ1n) is 9.79. The first-order valence-corrected chi connectivity index (χ1v) is 9.79. The number of halogens is 2. The molecule has 1 atom stereocenters. The van der Waals surface area contributed by atoms with E-state index in [1.165, 1.54) is 16.9 Å². The number of nitrogens with zero attached hydrogens (tertiary/aromatic N) is 5. The van der Waals surface area contributed by atoms with Crippen LogP contribution in [-0.4, -0.2) is 84.6 Å². The third-order valence-electron chi connectivity index (χ3n) is 5.87. The van der Waals surface area contributed by atoms with Gasteiger partial charge in [-0.05, 0) is 19.3 Å². The second kappa shape index (κ2) is 7.45. The number of carbonyl (C=O) groups is 1. The molecule has 0 radical (unpaired) electrons. The van der Waals surface area contributed by atoms with E-state index in [0.29, 0.717) is 32.4 Å². The zero-order valence-corrected chi connectivity index (χ0v) is 16.0. The Labute approximate surface area is 165 Å². The first-order chi connectivity index (χ1) is 13.8. The molecule has 2 N–H and O–H groups in total. The van der Waals surface area contributed by atoms with Crippen molar-refractivity contribution >= 4 is 11.7 Å². The Morgan fingerprint density at radius 1 is 1.17 bits per heavy atom. The summed E-state index contributed by atoms with van der Waals surface area (Å²) in [4.78, 5) is 32.8. The summed E-state index contributed by atoms with van der Waals surface area (Å²) in [5.41, 5.74) is -1.58. The maximum atomic E-state index is 13.4. The maximum absolute atomic E-state index is 13.4. The number of piperidine rings is 1. The Balaban J connectivity index is 1.42. The van der Waals surface area contributed by atoms with E-state index in [2.05, 4.69) is 15.2 Å². The molecule has 158 valence electrons. The molecule has 2 aliphatic rings. The van der Waals surface area contributed by atoms with Crippen LogP contribution in [0.5, 0.6) is 0 Å². The van der Waals surface area contributed by atoms with Crippen LogP contribution in [0.3, 0.4) is 0 Å². The molecular weight excluding hydrogens is 386 g/mol. The molecule has 0 aromatic carbocycles. The van der Waals surface area contributed by atoms with Gasteiger partial charge in [0.05, 0.1) is 5.60 Å². The van der Waals surface area contributed by atoms with E-state index in [1.807, 2.05) is 4.90 Å². The van der Waals surface area contributed by atoms with E-state index in [9.17, 15) is 23.5 Å². The topological polar surface area (TPSA) is 107 Å². The van der Waals surface area contributed by atoms with Crippen LogP contribution < -0.4 is 5.56 Å². The number of aromatic amines is 1. The molecule has 11 heteroatoms. The van der Waals surface area contributed by atoms with Crippen molar-refractivity contribution in [3.63, 3.8) is 0 Å². The summed E-state index contributed by atoms with van der Waals surface area (Å²) in [6.07, 6.45) is 3.49. The maximum Gasteiger partial charge on any atom is 0.273 e. The van der Waals surface area contributed by atoms with Crippen LogP contribution >= 0.6 is 0 Å². The lowest BCUT2D eigenvalue weighted by Gasteiger charge is -2.37. The van der Waals surface area contributed by atoms with Crippen molar-refractivity contribution in [1.82, 2.24) is 29.4 Å². The predicted molar refractivity (Wildman–Crippen MR) is 98.9 cm³/mol. The number of nitrogens with one attached hydrogen (secondary N) is 1. The molecular formula is C18H24F2N6O3. The highest BCUT2D eigenvalue weighted by molar-refractivity contribution is 5.93. The van der Waals surface area contributed by atoms with E-state index < -0.39 is 23.0 Å². The summed E-state index contributed by atoms with van der Waals surface area (Å²) in [6, 6.07) is 0. The van der Waals surface area contributed by atoms with Crippen LogP contribution in [0, 0.1) is 0 Å². The van der Waals surface area contributed by atoms with Gasteiger partial charge in [0.25, 0.3) is 17.4 Å². The lowest BCUT2D eigenvalue weighted by molar-refractivity contribution is -0.0768. The van der Waals surface area contributed by atoms with E-state index >= 15 is 0 Å². The second-order valence-corrected chi connectivity index (χ2v) is 8.03. The van der Waals surface area contributed by atoms with E-state index in [4.69, 9.17) is 0 Å². The molecule has 2 aliphatic heterocycles. The van der Waals surface area contributed by atoms with E-state index in [-0.39, 0.29) is 43.8 Å². The molecule has 4 rings (SSSR count). The minimum Gasteiger partial charge on any atom is -0.388 e. The smallest absolute Gasteiger partial charge is 0.273 e. The lowest BCUT2D eigenvalue weighted by Crippen LogP contribution is -2.48. The van der Waals surface area contributed by atoms with Gasteiger partial charge < -0.3 is 14.9 Å². The monoisotopic (exact) mass is 410 g/mol. The summed E-state index contributed by atoms with van der Waals surface area (Å²) in [7, 11) is 0. The van der Waals surface area contributed by atoms with Gasteiger partial charge >= 0.3 is 0 Å². The van der Waals surface area contributed by atoms with Gasteiger partial charge in [0.1, 0.15) is 11.9 Å². The van der Waals surface area contributed by atoms with Gasteiger partial charge in [-0.2, -0.15) is 5.10 Å². The summed E-state index contributed by atoms with van der Waals surface area (Å²) < 4.78 is 27.9. The van der Waals surface area contributed by atoms with E-state index in [1.54, 1.807) is 4.90 Å². The average molecular weight is 410 g/mol. The van der Waals surface area contributed by atoms with Crippen molar-refractivity contribution in [2.24, 2.45) is 0 Å². The van der Waals surface area contributed by atoms with Crippen LogP contribution in [0.25, 0.3) is 5.78 Å². The van der Waals surface area contributed by atoms with Gasteiger partial charge in [0, 0.05) is 51.8 Å². The number of carbonyl (C=O) groups excluding carboxylic acids is 1. The molecule has 0 unspecified atom stereocenters. The van der Waals surface area contributed by atoms with Gasteiger partial charge in [-0.25, -0.2) is 23.3 Å². The summed E-state index contributed by atoms with van der Waals surface area (Å²) in [5.74, 6) is -2.80. The summed E-state index contributed by atoms with van der Waals surface area (Å²) in [6.45, 7) is 1.52. The quantitative estimate of drug-likeness (QED) is 0.764. The van der Waals surface area contributed by atoms with Crippen LogP contribution in [0.2, 0.25) is 0 Å². The van der Waals surface area contributed by atoms with Gasteiger partial charge in [-0.3, -0.25) is 9.59 Å². The number of aliphatic hydroxyl groups is 1. The largest absolute Gasteiger partial charge is 0.388 e. The summed E-state index contributed by atoms with van der Waals surface area (Å²) >= 11 is 0. The van der Waals surface area contributed by atoms with Gasteiger partial charge in [-0.1, -0.05) is 0 Å². The van der Waals surface area contributed by atoms with Gasteiger partial charge in [0.15, 0.2) is 0 Å². The first kappa shape index (κ1) is 19.9. The predicted octanol–water partition coefficient (Wildman–Crippen LogP) is 0.506. The lowest BCUT2D eigenvalue weighted by atomic mass is 9.93. The number of amides is 1. The van der Waals surface area contributed by atoms with Gasteiger partial charge in [0.2, 0.25) is 5.78 Å². The number of H-pyrrole nitrogens is 1. The van der Waals surface area contributed by atoms with Gasteiger partial charge in [-0.15, -0.1) is 0 Å². The fourth-order valence-electron chi connectivity index (χ4n) is 4.11. The number of β-amino-alcohol motifs (C(OH)–C–C–N with tert-alkyl or cyclic N) is 1. The van der Waals surface area contributed by atoms with Crippen molar-refractivity contribution < 1.29 is 18.7 Å². The van der Waals surface area contributed by atoms with Crippen molar-refractivity contribution in [3.05, 3.63) is 28.4 Å². The Hall–Kier alpha value is -2.40. The molecule has 9 nitrogen and oxygen atoms in total. The SMILES string of the molecule is O=C(c1cnc2[nH]ncn2c1=O)N1CCC[C@](O)(CN2CCC(F)(F)CC2)CC1. The molecule has 2 aromatic rings. The Morgan fingerprint density at radius 2 is 1.93 bits per heavy atom. The zero-order valence-electron chi connectivity index (χ0n) is 16.0. The molecule has 4 heterocycles. The van der Waals surface area contributed by atoms with Crippen molar-refractivity contribution in [2.75, 3.05) is 32.7 Å². The standard InChI is InChI=1S/C18H24F2N6O3/c19-18(20)4-7-24(8-5-18)11-17(29)2-1-6-25(9-3-17)14(27)13-10-21-16-23-22-12-26(16)15(13)28/h10,12,29H,1-9,11H2,(H,21,23)/t17-/m1/s1. The minimum absolute atomic E-state index is 0.0485. The molecule has 0 saturated carbocycles. The zero-order chi connectivity index (χ0) is 20.6. The highest BCUT2D eigenvalue weighted by atomic mass is 19.3. The fraction of sp³-hybridized carbons (Fsp3) is 0.667. The number of hydrogen-bond acceptors (Lipinski definition) is 6. The number of hydrogen-bond donors (Lipinski definition) is 2. The normalized spacial score (nSPS) is 25.8. The molecule has 1 amide bonds. The molecule has 0 spiro atoms. The van der Waals surface area contributed by atoms with Crippen LogP contribution in [-0.2, 0) is 0 Å². The number of rotatable bonds is 3. The van der Waals surface area contributed by atoms with Crippen molar-refractivity contribution in [1.29, 1.82) is 0 Å². The molecule has 2 fully saturated rings. The van der Waals surface area contributed by atoms with Crippen molar-refractivity contribution in [2.45, 2.75) is 43.6 Å². The number of alkyl halides is 2. The van der Waals surface area contributed by atoms with Crippen LogP contribution in [0.15, 0.2) is 17.3 Å². The number of likely N-dealkylation sites (tertiary alicyclic amines) is 2. The Kier molecular flexibility index (Phi) is 5.11. The number of aromatic nitrogens is 4. The van der Waals surface area contributed by atoms with E-state index in [0.717, 1.165) is 0 Å². The molecule has 0 bridgehead atoms. The van der Waals surface area contributed by atoms with Crippen LogP contribution in [0.1, 0.15) is 42.5 Å². The minimum atomic E-state index is -2.62. The van der Waals surface area contributed by atoms with Crippen molar-refractivity contribution in [3.8, 4) is 0 Å².